The predicted molar refractivity (Wildman–Crippen MR) is 75.7 cm³/mol. The molecule has 0 aromatic heterocycles. The first kappa shape index (κ1) is 12.2. The monoisotopic (exact) mass is 244 g/mol. The van der Waals surface area contributed by atoms with Crippen LogP contribution >= 0.6 is 0 Å². The van der Waals surface area contributed by atoms with Gasteiger partial charge in [-0.3, -0.25) is 0 Å². The lowest BCUT2D eigenvalue weighted by Crippen LogP contribution is -2.47. The van der Waals surface area contributed by atoms with Crippen LogP contribution in [0.2, 0.25) is 0 Å². The van der Waals surface area contributed by atoms with Crippen molar-refractivity contribution in [2.24, 2.45) is 0 Å². The molecule has 1 aromatic rings. The lowest BCUT2D eigenvalue weighted by atomic mass is 9.98. The Hall–Kier alpha value is -0.860. The molecule has 98 valence electrons. The van der Waals surface area contributed by atoms with E-state index in [0.717, 1.165) is 31.1 Å². The van der Waals surface area contributed by atoms with Gasteiger partial charge in [0.1, 0.15) is 0 Å². The number of benzene rings is 1. The van der Waals surface area contributed by atoms with E-state index in [4.69, 9.17) is 0 Å². The van der Waals surface area contributed by atoms with Crippen molar-refractivity contribution in [3.63, 3.8) is 0 Å². The molecule has 0 saturated carbocycles. The van der Waals surface area contributed by atoms with Crippen LogP contribution in [0.4, 0.5) is 0 Å². The molecular weight excluding hydrogens is 220 g/mol. The molecule has 2 aliphatic heterocycles. The van der Waals surface area contributed by atoms with E-state index in [1.54, 1.807) is 0 Å². The summed E-state index contributed by atoms with van der Waals surface area (Å²) in [5, 5.41) is 3.76. The zero-order valence-corrected chi connectivity index (χ0v) is 11.3. The second-order valence-electron chi connectivity index (χ2n) is 5.91. The van der Waals surface area contributed by atoms with Crippen LogP contribution in [0.5, 0.6) is 0 Å². The van der Waals surface area contributed by atoms with Crippen molar-refractivity contribution in [3.05, 3.63) is 35.9 Å². The van der Waals surface area contributed by atoms with Crippen molar-refractivity contribution < 1.29 is 0 Å². The van der Waals surface area contributed by atoms with Crippen molar-refractivity contribution in [2.45, 2.75) is 50.2 Å². The normalized spacial score (nSPS) is 31.7. The largest absolute Gasteiger partial charge is 0.314 e. The number of nitrogens with one attached hydrogen (secondary N) is 1. The molecule has 2 saturated heterocycles. The van der Waals surface area contributed by atoms with Gasteiger partial charge in [0.15, 0.2) is 0 Å². The van der Waals surface area contributed by atoms with Crippen LogP contribution in [0.1, 0.15) is 31.2 Å². The van der Waals surface area contributed by atoms with Crippen LogP contribution in [0.15, 0.2) is 30.3 Å². The standard InChI is InChI=1S/C16H24N2/c1-18-15-7-8-16(18)12-14(11-15)17-10-9-13-5-3-2-4-6-13/h2-6,14-17H,7-12H2,1H3/t15-,16-/m0/s1. The van der Waals surface area contributed by atoms with E-state index in [2.05, 4.69) is 47.6 Å². The molecule has 0 spiro atoms. The first-order chi connectivity index (χ1) is 8.83. The Morgan fingerprint density at radius 3 is 2.44 bits per heavy atom. The van der Waals surface area contributed by atoms with Gasteiger partial charge in [-0.15, -0.1) is 0 Å². The van der Waals surface area contributed by atoms with E-state index in [-0.39, 0.29) is 0 Å². The third-order valence-electron chi connectivity index (χ3n) is 4.79. The molecule has 3 rings (SSSR count). The minimum atomic E-state index is 0.752. The van der Waals surface area contributed by atoms with Crippen molar-refractivity contribution in [3.8, 4) is 0 Å². The minimum Gasteiger partial charge on any atom is -0.314 e. The molecule has 1 N–H and O–H groups in total. The summed E-state index contributed by atoms with van der Waals surface area (Å²) in [4.78, 5) is 2.61. The maximum absolute atomic E-state index is 3.76. The highest BCUT2D eigenvalue weighted by Gasteiger charge is 2.37. The van der Waals surface area contributed by atoms with Crippen LogP contribution in [-0.2, 0) is 6.42 Å². The molecule has 0 unspecified atom stereocenters. The molecular formula is C16H24N2. The third-order valence-corrected chi connectivity index (χ3v) is 4.79. The topological polar surface area (TPSA) is 15.3 Å². The van der Waals surface area contributed by atoms with Gasteiger partial charge in [-0.25, -0.2) is 0 Å². The number of rotatable bonds is 4. The molecule has 2 fully saturated rings. The van der Waals surface area contributed by atoms with Crippen LogP contribution in [0.3, 0.4) is 0 Å². The Kier molecular flexibility index (Phi) is 3.67. The van der Waals surface area contributed by atoms with Crippen molar-refractivity contribution in [1.29, 1.82) is 0 Å². The number of fused-ring (bicyclic) bond motifs is 2. The van der Waals surface area contributed by atoms with E-state index in [9.17, 15) is 0 Å². The highest BCUT2D eigenvalue weighted by molar-refractivity contribution is 5.14. The van der Waals surface area contributed by atoms with Crippen LogP contribution < -0.4 is 5.32 Å². The molecule has 2 bridgehead atoms. The molecule has 2 aliphatic rings. The van der Waals surface area contributed by atoms with Gasteiger partial charge in [0, 0.05) is 18.1 Å². The fourth-order valence-corrected chi connectivity index (χ4v) is 3.64. The highest BCUT2D eigenvalue weighted by atomic mass is 15.2. The molecule has 2 atom stereocenters. The maximum Gasteiger partial charge on any atom is 0.0111 e. The second kappa shape index (κ2) is 5.41. The van der Waals surface area contributed by atoms with Crippen LogP contribution in [-0.4, -0.2) is 36.6 Å². The number of nitrogens with zero attached hydrogens (tertiary/aromatic N) is 1. The van der Waals surface area contributed by atoms with E-state index >= 15 is 0 Å². The second-order valence-corrected chi connectivity index (χ2v) is 5.91. The Morgan fingerprint density at radius 2 is 1.78 bits per heavy atom. The van der Waals surface area contributed by atoms with Gasteiger partial charge in [-0.1, -0.05) is 30.3 Å². The van der Waals surface area contributed by atoms with E-state index in [1.165, 1.54) is 31.2 Å². The first-order valence-electron chi connectivity index (χ1n) is 7.32. The fourth-order valence-electron chi connectivity index (χ4n) is 3.64. The lowest BCUT2D eigenvalue weighted by Gasteiger charge is -2.36. The molecule has 0 amide bonds. The van der Waals surface area contributed by atoms with E-state index in [0.29, 0.717) is 0 Å². The zero-order chi connectivity index (χ0) is 12.4. The zero-order valence-electron chi connectivity index (χ0n) is 11.3. The van der Waals surface area contributed by atoms with Gasteiger partial charge in [0.25, 0.3) is 0 Å². The third kappa shape index (κ3) is 2.60. The Balaban J connectivity index is 1.45. The van der Waals surface area contributed by atoms with Gasteiger partial charge >= 0.3 is 0 Å². The Bertz CT molecular complexity index is 362. The Morgan fingerprint density at radius 1 is 1.11 bits per heavy atom. The average Bonchev–Trinajstić information content (AvgIpc) is 2.64. The predicted octanol–water partition coefficient (Wildman–Crippen LogP) is 2.44. The molecule has 2 heteroatoms. The quantitative estimate of drug-likeness (QED) is 0.875. The van der Waals surface area contributed by atoms with Gasteiger partial charge in [-0.2, -0.15) is 0 Å². The number of piperidine rings is 1. The van der Waals surface area contributed by atoms with Crippen molar-refractivity contribution in [1.82, 2.24) is 10.2 Å². The van der Waals surface area contributed by atoms with Crippen LogP contribution in [0.25, 0.3) is 0 Å². The SMILES string of the molecule is CN1[C@H]2CC[C@H]1CC(NCCc1ccccc1)C2. The van der Waals surface area contributed by atoms with E-state index < -0.39 is 0 Å². The fraction of sp³-hybridized carbons (Fsp3) is 0.625. The Labute approximate surface area is 110 Å². The summed E-state index contributed by atoms with van der Waals surface area (Å²) < 4.78 is 0. The van der Waals surface area contributed by atoms with Crippen molar-refractivity contribution in [2.75, 3.05) is 13.6 Å². The summed E-state index contributed by atoms with van der Waals surface area (Å²) >= 11 is 0. The molecule has 2 heterocycles. The number of hydrogen-bond acceptors (Lipinski definition) is 2. The van der Waals surface area contributed by atoms with Crippen molar-refractivity contribution >= 4 is 0 Å². The average molecular weight is 244 g/mol. The maximum atomic E-state index is 3.76. The highest BCUT2D eigenvalue weighted by Crippen LogP contribution is 2.34. The number of hydrogen-bond donors (Lipinski definition) is 1. The molecule has 0 aliphatic carbocycles. The van der Waals surface area contributed by atoms with Gasteiger partial charge in [0.05, 0.1) is 0 Å². The summed E-state index contributed by atoms with van der Waals surface area (Å²) in [6.07, 6.45) is 6.68. The summed E-state index contributed by atoms with van der Waals surface area (Å²) in [6.45, 7) is 1.12. The van der Waals surface area contributed by atoms with Gasteiger partial charge < -0.3 is 10.2 Å². The van der Waals surface area contributed by atoms with Gasteiger partial charge in [-0.05, 0) is 51.3 Å². The van der Waals surface area contributed by atoms with E-state index in [1.807, 2.05) is 0 Å². The lowest BCUT2D eigenvalue weighted by molar-refractivity contribution is 0.149. The summed E-state index contributed by atoms with van der Waals surface area (Å²) in [6, 6.07) is 13.2. The summed E-state index contributed by atoms with van der Waals surface area (Å²) in [5.41, 5.74) is 1.45. The molecule has 18 heavy (non-hydrogen) atoms. The molecule has 2 nitrogen and oxygen atoms in total. The molecule has 0 radical (unpaired) electrons. The minimum absolute atomic E-state index is 0.752. The first-order valence-corrected chi connectivity index (χ1v) is 7.32. The van der Waals surface area contributed by atoms with Gasteiger partial charge in [0.2, 0.25) is 0 Å². The summed E-state index contributed by atoms with van der Waals surface area (Å²) in [5.74, 6) is 0. The molecule has 1 aromatic carbocycles. The summed E-state index contributed by atoms with van der Waals surface area (Å²) in [7, 11) is 2.31. The van der Waals surface area contributed by atoms with Crippen LogP contribution in [0, 0.1) is 0 Å². The smallest absolute Gasteiger partial charge is 0.0111 e.